The molecule has 2 bridgehead atoms. The molecule has 4 rings (SSSR count). The Balaban J connectivity index is 1.81. The Morgan fingerprint density at radius 2 is 1.88 bits per heavy atom. The van der Waals surface area contributed by atoms with Crippen LogP contribution < -0.4 is 0 Å². The van der Waals surface area contributed by atoms with E-state index in [0.717, 1.165) is 0 Å². The van der Waals surface area contributed by atoms with Crippen molar-refractivity contribution in [3.63, 3.8) is 0 Å². The highest BCUT2D eigenvalue weighted by Gasteiger charge is 2.57. The summed E-state index contributed by atoms with van der Waals surface area (Å²) in [5, 5.41) is 4.69. The van der Waals surface area contributed by atoms with Crippen LogP contribution in [0.25, 0.3) is 0 Å². The highest BCUT2D eigenvalue weighted by molar-refractivity contribution is 5.00. The zero-order valence-electron chi connectivity index (χ0n) is 17.4. The van der Waals surface area contributed by atoms with Crippen molar-refractivity contribution < 1.29 is 38.3 Å². The number of hydrogen-bond donors (Lipinski definition) is 1. The fraction of sp³-hybridized carbons (Fsp3) is 1.00. The molecule has 0 amide bonds. The van der Waals surface area contributed by atoms with Gasteiger partial charge in [-0.3, -0.25) is 0 Å². The summed E-state index contributed by atoms with van der Waals surface area (Å²) in [6, 6.07) is 0. The average molecular weight is 378 g/mol. The maximum atomic E-state index is 7.29. The SMILES string of the molecule is [3H]O[C@H]1OC(COC)[C@@H](O[C@H]2OC3(C)COC2[C@@H](C)[C@H]3C)C(OC)C1OC. The molecule has 4 fully saturated rings. The molecule has 0 aromatic rings. The summed E-state index contributed by atoms with van der Waals surface area (Å²) >= 11 is 0. The molecule has 4 heterocycles. The number of hydrogen-bond acceptors (Lipinski definition) is 8. The summed E-state index contributed by atoms with van der Waals surface area (Å²) in [7, 11) is 4.67. The van der Waals surface area contributed by atoms with Gasteiger partial charge in [-0.2, -0.15) is 0 Å². The van der Waals surface area contributed by atoms with E-state index in [1.807, 2.05) is 0 Å². The first-order chi connectivity index (χ1) is 12.9. The van der Waals surface area contributed by atoms with Crippen molar-refractivity contribution in [2.45, 2.75) is 69.5 Å². The van der Waals surface area contributed by atoms with E-state index in [9.17, 15) is 0 Å². The second kappa shape index (κ2) is 7.97. The normalized spacial score (nSPS) is 52.1. The minimum absolute atomic E-state index is 0.173. The number of aliphatic hydroxyl groups excluding tert-OH is 1. The van der Waals surface area contributed by atoms with E-state index >= 15 is 0 Å². The molecule has 10 atom stereocenters. The predicted molar refractivity (Wildman–Crippen MR) is 90.6 cm³/mol. The smallest absolute Gasteiger partial charge is 0.213 e. The molecule has 0 aromatic carbocycles. The number of aliphatic hydroxyl groups is 1. The van der Waals surface area contributed by atoms with Gasteiger partial charge in [0.25, 0.3) is 0 Å². The molecule has 26 heavy (non-hydrogen) atoms. The molecule has 0 aromatic heterocycles. The Hall–Kier alpha value is -0.320. The van der Waals surface area contributed by atoms with Crippen molar-refractivity contribution >= 4 is 0 Å². The van der Waals surface area contributed by atoms with Crippen molar-refractivity contribution in [1.29, 1.82) is 1.43 Å². The third-order valence-electron chi connectivity index (χ3n) is 6.24. The van der Waals surface area contributed by atoms with Crippen LogP contribution in [0.5, 0.6) is 0 Å². The van der Waals surface area contributed by atoms with Gasteiger partial charge in [-0.05, 0) is 18.8 Å². The fourth-order valence-corrected chi connectivity index (χ4v) is 4.30. The van der Waals surface area contributed by atoms with Gasteiger partial charge in [0.05, 0.1) is 18.8 Å². The highest BCUT2D eigenvalue weighted by atomic mass is 16.8. The molecule has 0 spiro atoms. The van der Waals surface area contributed by atoms with Crippen molar-refractivity contribution in [3.05, 3.63) is 0 Å². The van der Waals surface area contributed by atoms with E-state index < -0.39 is 42.6 Å². The third-order valence-corrected chi connectivity index (χ3v) is 6.24. The van der Waals surface area contributed by atoms with Crippen LogP contribution in [0.2, 0.25) is 0 Å². The van der Waals surface area contributed by atoms with Crippen LogP contribution in [0, 0.1) is 11.8 Å². The first kappa shape index (κ1) is 19.0. The maximum Gasteiger partial charge on any atom is 0.213 e. The van der Waals surface area contributed by atoms with Gasteiger partial charge in [0.1, 0.15) is 30.5 Å². The molecular formula is C18H32O8. The minimum Gasteiger partial charge on any atom is -0.382 e. The van der Waals surface area contributed by atoms with Crippen LogP contribution in [-0.2, 0) is 33.2 Å². The van der Waals surface area contributed by atoms with E-state index in [1.165, 1.54) is 7.11 Å². The van der Waals surface area contributed by atoms with Crippen LogP contribution in [0.15, 0.2) is 0 Å². The second-order valence-corrected chi connectivity index (χ2v) is 7.72. The van der Waals surface area contributed by atoms with Gasteiger partial charge in [0, 0.05) is 21.3 Å². The van der Waals surface area contributed by atoms with Crippen LogP contribution in [-0.4, -0.2) is 89.8 Å². The minimum atomic E-state index is -0.906. The number of ether oxygens (including phenoxy) is 7. The molecule has 0 aliphatic carbocycles. The average Bonchev–Trinajstić information content (AvgIpc) is 2.66. The zero-order valence-corrected chi connectivity index (χ0v) is 16.4. The van der Waals surface area contributed by atoms with Crippen LogP contribution >= 0.6 is 0 Å². The Labute approximate surface area is 156 Å². The molecular weight excluding hydrogens is 344 g/mol. The van der Waals surface area contributed by atoms with Crippen molar-refractivity contribution in [1.82, 2.24) is 0 Å². The van der Waals surface area contributed by atoms with E-state index in [2.05, 4.69) is 20.8 Å². The maximum absolute atomic E-state index is 7.29. The van der Waals surface area contributed by atoms with E-state index in [4.69, 9.17) is 39.7 Å². The molecule has 152 valence electrons. The van der Waals surface area contributed by atoms with Gasteiger partial charge < -0.3 is 38.3 Å². The lowest BCUT2D eigenvalue weighted by Gasteiger charge is -2.56. The molecule has 4 aliphatic heterocycles. The zero-order chi connectivity index (χ0) is 19.8. The second-order valence-electron chi connectivity index (χ2n) is 7.72. The summed E-state index contributed by atoms with van der Waals surface area (Å²) in [4.78, 5) is 0. The van der Waals surface area contributed by atoms with Crippen LogP contribution in [0.4, 0.5) is 0 Å². The third kappa shape index (κ3) is 3.42. The molecule has 5 unspecified atom stereocenters. The van der Waals surface area contributed by atoms with E-state index in [-0.39, 0.29) is 18.6 Å². The standard InChI is InChI=1S/C18H32O8/c1-9-10(2)18(3)8-23-12(9)17(26-18)25-13-11(7-20-4)24-16(19)15(22-6)14(13)21-5/h9-17,19H,7-8H2,1-6H3/t9-,10+,11?,12?,13+,14?,15?,16-,17-,18?/m0/s1/i19T. The molecule has 8 nitrogen and oxygen atoms in total. The largest absolute Gasteiger partial charge is 0.382 e. The van der Waals surface area contributed by atoms with Crippen molar-refractivity contribution in [2.75, 3.05) is 34.5 Å². The van der Waals surface area contributed by atoms with Gasteiger partial charge in [-0.15, -0.1) is 0 Å². The van der Waals surface area contributed by atoms with E-state index in [0.29, 0.717) is 12.5 Å². The molecule has 8 heteroatoms. The Bertz CT molecular complexity index is 496. The van der Waals surface area contributed by atoms with Gasteiger partial charge in [0.2, 0.25) is 1.43 Å². The highest BCUT2D eigenvalue weighted by Crippen LogP contribution is 2.45. The summed E-state index contributed by atoms with van der Waals surface area (Å²) < 4.78 is 48.3. The first-order valence-corrected chi connectivity index (χ1v) is 9.17. The lowest BCUT2D eigenvalue weighted by Crippen LogP contribution is -2.68. The fourth-order valence-electron chi connectivity index (χ4n) is 4.30. The molecule has 4 aliphatic rings. The van der Waals surface area contributed by atoms with Crippen molar-refractivity contribution in [3.8, 4) is 0 Å². The topological polar surface area (TPSA) is 84.8 Å². The monoisotopic (exact) mass is 378 g/mol. The Morgan fingerprint density at radius 1 is 1.15 bits per heavy atom. The molecule has 0 radical (unpaired) electrons. The number of fused-ring (bicyclic) bond motifs is 3. The van der Waals surface area contributed by atoms with Crippen LogP contribution in [0.1, 0.15) is 20.8 Å². The number of methoxy groups -OCH3 is 3. The number of rotatable bonds is 7. The quantitative estimate of drug-likeness (QED) is 0.688. The van der Waals surface area contributed by atoms with Gasteiger partial charge in [-0.25, -0.2) is 0 Å². The lowest BCUT2D eigenvalue weighted by atomic mass is 9.74. The van der Waals surface area contributed by atoms with Crippen molar-refractivity contribution in [2.24, 2.45) is 11.8 Å². The lowest BCUT2D eigenvalue weighted by molar-refractivity contribution is -0.398. The van der Waals surface area contributed by atoms with Crippen LogP contribution in [0.3, 0.4) is 0 Å². The summed E-state index contributed by atoms with van der Waals surface area (Å²) in [6.07, 6.45) is -3.82. The summed E-state index contributed by atoms with van der Waals surface area (Å²) in [6.45, 7) is 7.20. The first-order valence-electron chi connectivity index (χ1n) is 9.57. The molecule has 0 saturated carbocycles. The van der Waals surface area contributed by atoms with E-state index in [1.54, 1.807) is 14.2 Å². The molecule has 4 saturated heterocycles. The summed E-state index contributed by atoms with van der Waals surface area (Å²) in [5.41, 5.74) is -0.402. The van der Waals surface area contributed by atoms with Gasteiger partial charge in [0.15, 0.2) is 12.6 Å². The predicted octanol–water partition coefficient (Wildman–Crippen LogP) is 0.551. The Kier molecular flexibility index (Phi) is 5.83. The molecule has 1 N–H and O–H groups in total. The Morgan fingerprint density at radius 3 is 2.46 bits per heavy atom. The van der Waals surface area contributed by atoms with Gasteiger partial charge >= 0.3 is 0 Å². The van der Waals surface area contributed by atoms with Gasteiger partial charge in [-0.1, -0.05) is 13.8 Å². The summed E-state index contributed by atoms with van der Waals surface area (Å²) in [5.74, 6) is 0.649.